The molecular formula is C14H18O3. The molecular weight excluding hydrogens is 216 g/mol. The minimum Gasteiger partial charge on any atom is -0.463 e. The van der Waals surface area contributed by atoms with Crippen molar-refractivity contribution in [3.63, 3.8) is 0 Å². The van der Waals surface area contributed by atoms with Gasteiger partial charge in [-0.25, -0.2) is 0 Å². The van der Waals surface area contributed by atoms with Crippen LogP contribution in [0, 0.1) is 0 Å². The quantitative estimate of drug-likeness (QED) is 0.411. The van der Waals surface area contributed by atoms with Crippen LogP contribution >= 0.6 is 0 Å². The van der Waals surface area contributed by atoms with E-state index in [1.54, 1.807) is 24.3 Å². The van der Waals surface area contributed by atoms with Gasteiger partial charge in [-0.15, -0.1) is 0 Å². The normalized spacial score (nSPS) is 11.6. The number of hydrogen-bond acceptors (Lipinski definition) is 3. The number of Topliss-reactive ketones (excluding diaryl/α,β-unsaturated/α-hetero) is 1. The Kier molecular flexibility index (Phi) is 5.27. The second-order valence-electron chi connectivity index (χ2n) is 3.72. The van der Waals surface area contributed by atoms with E-state index in [4.69, 9.17) is 9.47 Å². The van der Waals surface area contributed by atoms with Crippen molar-refractivity contribution in [1.82, 2.24) is 0 Å². The molecule has 0 spiro atoms. The van der Waals surface area contributed by atoms with Crippen LogP contribution in [-0.4, -0.2) is 12.1 Å². The monoisotopic (exact) mass is 234 g/mol. The van der Waals surface area contributed by atoms with Crippen molar-refractivity contribution >= 4 is 5.78 Å². The summed E-state index contributed by atoms with van der Waals surface area (Å²) in [4.78, 5) is 11.1. The molecule has 0 fully saturated rings. The highest BCUT2D eigenvalue weighted by atomic mass is 16.7. The van der Waals surface area contributed by atoms with Crippen LogP contribution in [0.5, 0.6) is 5.75 Å². The Labute approximate surface area is 102 Å². The molecule has 3 heteroatoms. The first-order valence-electron chi connectivity index (χ1n) is 5.71. The first-order chi connectivity index (χ1) is 8.17. The molecule has 3 nitrogen and oxygen atoms in total. The highest BCUT2D eigenvalue weighted by Gasteiger charge is 2.08. The van der Waals surface area contributed by atoms with Crippen LogP contribution in [-0.2, 0) is 4.74 Å². The minimum atomic E-state index is -0.319. The van der Waals surface area contributed by atoms with Crippen LogP contribution in [0.3, 0.4) is 0 Å². The van der Waals surface area contributed by atoms with Gasteiger partial charge in [0.15, 0.2) is 5.78 Å². The molecule has 0 aliphatic rings. The summed E-state index contributed by atoms with van der Waals surface area (Å²) in [5.41, 5.74) is 0.675. The topological polar surface area (TPSA) is 35.5 Å². The van der Waals surface area contributed by atoms with Gasteiger partial charge in [-0.1, -0.05) is 13.5 Å². The van der Waals surface area contributed by atoms with E-state index in [-0.39, 0.29) is 12.1 Å². The average molecular weight is 234 g/mol. The molecule has 92 valence electrons. The third-order valence-corrected chi connectivity index (χ3v) is 2.30. The lowest BCUT2D eigenvalue weighted by Gasteiger charge is -2.17. The number of rotatable bonds is 7. The zero-order valence-electron chi connectivity index (χ0n) is 10.3. The second-order valence-corrected chi connectivity index (χ2v) is 3.72. The van der Waals surface area contributed by atoms with Crippen LogP contribution in [0.2, 0.25) is 0 Å². The van der Waals surface area contributed by atoms with Gasteiger partial charge in [-0.3, -0.25) is 4.79 Å². The molecule has 0 radical (unpaired) electrons. The Morgan fingerprint density at radius 2 is 2.06 bits per heavy atom. The van der Waals surface area contributed by atoms with Gasteiger partial charge < -0.3 is 9.47 Å². The van der Waals surface area contributed by atoms with Crippen molar-refractivity contribution in [1.29, 1.82) is 0 Å². The van der Waals surface area contributed by atoms with Crippen molar-refractivity contribution in [2.45, 2.75) is 33.0 Å². The van der Waals surface area contributed by atoms with Gasteiger partial charge in [0.05, 0.1) is 6.26 Å². The van der Waals surface area contributed by atoms with Gasteiger partial charge in [0, 0.05) is 12.0 Å². The van der Waals surface area contributed by atoms with Crippen LogP contribution in [0.15, 0.2) is 37.1 Å². The van der Waals surface area contributed by atoms with Crippen molar-refractivity contribution in [2.75, 3.05) is 0 Å². The zero-order valence-corrected chi connectivity index (χ0v) is 10.3. The van der Waals surface area contributed by atoms with Gasteiger partial charge in [0.25, 0.3) is 0 Å². The predicted octanol–water partition coefficient (Wildman–Crippen LogP) is 3.55. The van der Waals surface area contributed by atoms with Gasteiger partial charge >= 0.3 is 0 Å². The third-order valence-electron chi connectivity index (χ3n) is 2.30. The van der Waals surface area contributed by atoms with Crippen molar-refractivity contribution in [3.05, 3.63) is 42.7 Å². The molecule has 1 aromatic rings. The fourth-order valence-electron chi connectivity index (χ4n) is 1.42. The molecule has 0 aliphatic heterocycles. The summed E-state index contributed by atoms with van der Waals surface area (Å²) in [7, 11) is 0. The maximum absolute atomic E-state index is 11.1. The van der Waals surface area contributed by atoms with Crippen LogP contribution in [0.4, 0.5) is 0 Å². The molecule has 1 unspecified atom stereocenters. The number of carbonyl (C=O) groups excluding carboxylic acids is 1. The molecule has 0 N–H and O–H groups in total. The molecule has 0 amide bonds. The Morgan fingerprint density at radius 1 is 1.41 bits per heavy atom. The fraction of sp³-hybridized carbons (Fsp3) is 0.357. The molecule has 1 atom stereocenters. The molecule has 17 heavy (non-hydrogen) atoms. The average Bonchev–Trinajstić information content (AvgIpc) is 2.30. The van der Waals surface area contributed by atoms with E-state index >= 15 is 0 Å². The maximum atomic E-state index is 11.1. The van der Waals surface area contributed by atoms with E-state index in [9.17, 15) is 4.79 Å². The summed E-state index contributed by atoms with van der Waals surface area (Å²) < 4.78 is 10.9. The van der Waals surface area contributed by atoms with E-state index in [1.165, 1.54) is 13.2 Å². The molecule has 0 saturated heterocycles. The SMILES string of the molecule is C=COC(CCC)Oc1ccc(C(C)=O)cc1. The van der Waals surface area contributed by atoms with Gasteiger partial charge in [0.1, 0.15) is 5.75 Å². The highest BCUT2D eigenvalue weighted by molar-refractivity contribution is 5.94. The molecule has 0 aromatic heterocycles. The molecule has 1 rings (SSSR count). The van der Waals surface area contributed by atoms with E-state index in [2.05, 4.69) is 13.5 Å². The Morgan fingerprint density at radius 3 is 2.53 bits per heavy atom. The van der Waals surface area contributed by atoms with E-state index in [0.29, 0.717) is 11.3 Å². The van der Waals surface area contributed by atoms with Crippen molar-refractivity contribution in [3.8, 4) is 5.75 Å². The largest absolute Gasteiger partial charge is 0.463 e. The lowest BCUT2D eigenvalue weighted by molar-refractivity contribution is -0.0348. The van der Waals surface area contributed by atoms with Gasteiger partial charge in [-0.2, -0.15) is 0 Å². The number of benzene rings is 1. The summed E-state index contributed by atoms with van der Waals surface area (Å²) >= 11 is 0. The Balaban J connectivity index is 2.65. The molecule has 1 aromatic carbocycles. The van der Waals surface area contributed by atoms with Gasteiger partial charge in [0.2, 0.25) is 6.29 Å². The number of hydrogen-bond donors (Lipinski definition) is 0. The predicted molar refractivity (Wildman–Crippen MR) is 67.1 cm³/mol. The summed E-state index contributed by atoms with van der Waals surface area (Å²) in [6, 6.07) is 7.03. The van der Waals surface area contributed by atoms with Crippen LogP contribution in [0.1, 0.15) is 37.0 Å². The lowest BCUT2D eigenvalue weighted by Crippen LogP contribution is -2.17. The summed E-state index contributed by atoms with van der Waals surface area (Å²) in [6.07, 6.45) is 2.81. The minimum absolute atomic E-state index is 0.0454. The first kappa shape index (κ1) is 13.3. The maximum Gasteiger partial charge on any atom is 0.240 e. The molecule has 0 saturated carbocycles. The zero-order chi connectivity index (χ0) is 12.7. The number of ether oxygens (including phenoxy) is 2. The lowest BCUT2D eigenvalue weighted by atomic mass is 10.1. The molecule has 0 heterocycles. The number of carbonyl (C=O) groups is 1. The first-order valence-corrected chi connectivity index (χ1v) is 5.71. The van der Waals surface area contributed by atoms with Crippen LogP contribution in [0.25, 0.3) is 0 Å². The van der Waals surface area contributed by atoms with Crippen LogP contribution < -0.4 is 4.74 Å². The Hall–Kier alpha value is -1.77. The standard InChI is InChI=1S/C14H18O3/c1-4-6-14(16-5-2)17-13-9-7-12(8-10-13)11(3)15/h5,7-10,14H,2,4,6H2,1,3H3. The van der Waals surface area contributed by atoms with Crippen molar-refractivity contribution in [2.24, 2.45) is 0 Å². The number of ketones is 1. The summed E-state index contributed by atoms with van der Waals surface area (Å²) in [5.74, 6) is 0.735. The molecule has 0 aliphatic carbocycles. The van der Waals surface area contributed by atoms with Crippen molar-refractivity contribution < 1.29 is 14.3 Å². The Bertz CT molecular complexity index is 368. The van der Waals surface area contributed by atoms with E-state index in [0.717, 1.165) is 12.8 Å². The summed E-state index contributed by atoms with van der Waals surface area (Å²) in [5, 5.41) is 0. The smallest absolute Gasteiger partial charge is 0.240 e. The van der Waals surface area contributed by atoms with E-state index in [1.807, 2.05) is 0 Å². The van der Waals surface area contributed by atoms with Gasteiger partial charge in [-0.05, 0) is 37.6 Å². The molecule has 0 bridgehead atoms. The second kappa shape index (κ2) is 6.74. The van der Waals surface area contributed by atoms with E-state index < -0.39 is 0 Å². The fourth-order valence-corrected chi connectivity index (χ4v) is 1.42. The summed E-state index contributed by atoms with van der Waals surface area (Å²) in [6.45, 7) is 7.11. The third kappa shape index (κ3) is 4.31. The highest BCUT2D eigenvalue weighted by Crippen LogP contribution is 2.16.